The lowest BCUT2D eigenvalue weighted by Crippen LogP contribution is -2.10. The number of para-hydroxylation sites is 1. The van der Waals surface area contributed by atoms with Gasteiger partial charge in [0, 0.05) is 0 Å². The number of benzene rings is 2. The Balaban J connectivity index is 2.34. The smallest absolute Gasteiger partial charge is 0.166 e. The second kappa shape index (κ2) is 6.27. The molecule has 0 radical (unpaired) electrons. The van der Waals surface area contributed by atoms with Gasteiger partial charge in [0.15, 0.2) is 11.6 Å². The molecular weight excluding hydrogens is 265 g/mol. The lowest BCUT2D eigenvalue weighted by molar-refractivity contribution is 0.434. The molecule has 3 heteroatoms. The summed E-state index contributed by atoms with van der Waals surface area (Å²) < 4.78 is 19.8. The molecule has 0 heterocycles. The van der Waals surface area contributed by atoms with Crippen LogP contribution in [-0.2, 0) is 11.8 Å². The zero-order valence-corrected chi connectivity index (χ0v) is 12.8. The van der Waals surface area contributed by atoms with E-state index < -0.39 is 0 Å². The summed E-state index contributed by atoms with van der Waals surface area (Å²) in [4.78, 5) is 0. The fraction of sp³-hybridized carbons (Fsp3) is 0.333. The Morgan fingerprint density at radius 2 is 1.81 bits per heavy atom. The van der Waals surface area contributed by atoms with Crippen LogP contribution in [0.25, 0.3) is 0 Å². The summed E-state index contributed by atoms with van der Waals surface area (Å²) in [5.41, 5.74) is 7.54. The molecule has 0 spiro atoms. The first-order chi connectivity index (χ1) is 9.91. The highest BCUT2D eigenvalue weighted by Crippen LogP contribution is 2.31. The van der Waals surface area contributed by atoms with Gasteiger partial charge in [-0.15, -0.1) is 0 Å². The van der Waals surface area contributed by atoms with E-state index in [0.29, 0.717) is 18.7 Å². The molecule has 0 aliphatic rings. The predicted octanol–water partition coefficient (Wildman–Crippen LogP) is 4.42. The van der Waals surface area contributed by atoms with Crippen molar-refractivity contribution in [1.82, 2.24) is 0 Å². The molecule has 2 rings (SSSR count). The summed E-state index contributed by atoms with van der Waals surface area (Å²) in [7, 11) is 0. The minimum atomic E-state index is -0.359. The second-order valence-electron chi connectivity index (χ2n) is 6.15. The van der Waals surface area contributed by atoms with Crippen molar-refractivity contribution in [2.24, 2.45) is 5.73 Å². The van der Waals surface area contributed by atoms with Gasteiger partial charge in [0.25, 0.3) is 0 Å². The molecule has 2 N–H and O–H groups in total. The van der Waals surface area contributed by atoms with Gasteiger partial charge in [0.1, 0.15) is 5.75 Å². The minimum Gasteiger partial charge on any atom is -0.454 e. The highest BCUT2D eigenvalue weighted by atomic mass is 19.1. The van der Waals surface area contributed by atoms with Gasteiger partial charge in [0.05, 0.1) is 0 Å². The summed E-state index contributed by atoms with van der Waals surface area (Å²) in [6.45, 7) is 6.86. The third kappa shape index (κ3) is 3.82. The third-order valence-electron chi connectivity index (χ3n) is 3.38. The lowest BCUT2D eigenvalue weighted by Gasteiger charge is -2.20. The molecule has 2 aromatic carbocycles. The average molecular weight is 287 g/mol. The van der Waals surface area contributed by atoms with Crippen LogP contribution in [0.5, 0.6) is 11.5 Å². The number of rotatable bonds is 4. The topological polar surface area (TPSA) is 35.2 Å². The number of halogens is 1. The van der Waals surface area contributed by atoms with Crippen LogP contribution in [0.15, 0.2) is 42.5 Å². The van der Waals surface area contributed by atoms with Crippen molar-refractivity contribution in [3.05, 3.63) is 59.4 Å². The normalized spacial score (nSPS) is 11.5. The Kier molecular flexibility index (Phi) is 4.63. The molecule has 2 aromatic rings. The molecule has 2 nitrogen and oxygen atoms in total. The predicted molar refractivity (Wildman–Crippen MR) is 84.4 cm³/mol. The first-order valence-electron chi connectivity index (χ1n) is 7.17. The van der Waals surface area contributed by atoms with Crippen LogP contribution in [0.3, 0.4) is 0 Å². The van der Waals surface area contributed by atoms with Crippen LogP contribution < -0.4 is 10.5 Å². The fourth-order valence-electron chi connectivity index (χ4n) is 2.16. The highest BCUT2D eigenvalue weighted by molar-refractivity contribution is 5.41. The van der Waals surface area contributed by atoms with Gasteiger partial charge >= 0.3 is 0 Å². The van der Waals surface area contributed by atoms with E-state index in [4.69, 9.17) is 10.5 Å². The summed E-state index contributed by atoms with van der Waals surface area (Å²) >= 11 is 0. The number of hydrogen-bond donors (Lipinski definition) is 1. The van der Waals surface area contributed by atoms with Crippen molar-refractivity contribution in [3.8, 4) is 11.5 Å². The molecule has 0 bridgehead atoms. The Hall–Kier alpha value is -1.87. The van der Waals surface area contributed by atoms with Crippen LogP contribution in [0.4, 0.5) is 4.39 Å². The Morgan fingerprint density at radius 3 is 2.48 bits per heavy atom. The van der Waals surface area contributed by atoms with Gasteiger partial charge in [0.2, 0.25) is 0 Å². The van der Waals surface area contributed by atoms with E-state index in [2.05, 4.69) is 26.8 Å². The zero-order chi connectivity index (χ0) is 15.5. The van der Waals surface area contributed by atoms with E-state index in [-0.39, 0.29) is 17.0 Å². The van der Waals surface area contributed by atoms with Crippen molar-refractivity contribution in [2.75, 3.05) is 6.54 Å². The largest absolute Gasteiger partial charge is 0.454 e. The van der Waals surface area contributed by atoms with E-state index in [9.17, 15) is 4.39 Å². The van der Waals surface area contributed by atoms with E-state index in [1.807, 2.05) is 24.3 Å². The van der Waals surface area contributed by atoms with Crippen molar-refractivity contribution in [1.29, 1.82) is 0 Å². The minimum absolute atomic E-state index is 0.0225. The first-order valence-corrected chi connectivity index (χ1v) is 7.17. The molecule has 0 aliphatic heterocycles. The molecule has 0 fully saturated rings. The quantitative estimate of drug-likeness (QED) is 0.903. The van der Waals surface area contributed by atoms with Gasteiger partial charge < -0.3 is 10.5 Å². The fourth-order valence-corrected chi connectivity index (χ4v) is 2.16. The molecule has 0 unspecified atom stereocenters. The first kappa shape index (κ1) is 15.5. The highest BCUT2D eigenvalue weighted by Gasteiger charge is 2.15. The monoisotopic (exact) mass is 287 g/mol. The molecule has 112 valence electrons. The van der Waals surface area contributed by atoms with Gasteiger partial charge in [-0.25, -0.2) is 4.39 Å². The van der Waals surface area contributed by atoms with E-state index in [1.165, 1.54) is 6.07 Å². The van der Waals surface area contributed by atoms with Gasteiger partial charge in [-0.05, 0) is 47.7 Å². The molecule has 0 aliphatic carbocycles. The van der Waals surface area contributed by atoms with Crippen LogP contribution in [0, 0.1) is 5.82 Å². The molecule has 0 saturated heterocycles. The van der Waals surface area contributed by atoms with E-state index >= 15 is 0 Å². The van der Waals surface area contributed by atoms with Crippen molar-refractivity contribution in [3.63, 3.8) is 0 Å². The Labute approximate surface area is 125 Å². The number of ether oxygens (including phenoxy) is 1. The SMILES string of the molecule is CC(C)(C)c1cccc(Oc2c(F)cccc2CCN)c1. The molecule has 0 amide bonds. The maximum Gasteiger partial charge on any atom is 0.166 e. The summed E-state index contributed by atoms with van der Waals surface area (Å²) in [6, 6.07) is 12.7. The zero-order valence-electron chi connectivity index (χ0n) is 12.8. The number of nitrogens with two attached hydrogens (primary N) is 1. The van der Waals surface area contributed by atoms with Crippen LogP contribution in [0.2, 0.25) is 0 Å². The maximum atomic E-state index is 14.0. The van der Waals surface area contributed by atoms with Gasteiger partial charge in [-0.1, -0.05) is 45.0 Å². The lowest BCUT2D eigenvalue weighted by atomic mass is 9.87. The van der Waals surface area contributed by atoms with Crippen molar-refractivity contribution >= 4 is 0 Å². The third-order valence-corrected chi connectivity index (χ3v) is 3.38. The average Bonchev–Trinajstić information content (AvgIpc) is 2.42. The van der Waals surface area contributed by atoms with Crippen molar-refractivity contribution < 1.29 is 9.13 Å². The Morgan fingerprint density at radius 1 is 1.10 bits per heavy atom. The van der Waals surface area contributed by atoms with Crippen molar-refractivity contribution in [2.45, 2.75) is 32.6 Å². The van der Waals surface area contributed by atoms with E-state index in [0.717, 1.165) is 11.1 Å². The molecular formula is C18H22FNO. The van der Waals surface area contributed by atoms with E-state index in [1.54, 1.807) is 6.07 Å². The molecule has 0 saturated carbocycles. The maximum absolute atomic E-state index is 14.0. The molecule has 21 heavy (non-hydrogen) atoms. The Bertz CT molecular complexity index is 617. The standard InChI is InChI=1S/C18H22FNO/c1-18(2,3)14-7-5-8-15(12-14)21-17-13(10-11-20)6-4-9-16(17)19/h4-9,12H,10-11,20H2,1-3H3. The second-order valence-corrected chi connectivity index (χ2v) is 6.15. The summed E-state index contributed by atoms with van der Waals surface area (Å²) in [6.07, 6.45) is 0.589. The summed E-state index contributed by atoms with van der Waals surface area (Å²) in [5, 5.41) is 0. The van der Waals surface area contributed by atoms with Crippen LogP contribution >= 0.6 is 0 Å². The van der Waals surface area contributed by atoms with Gasteiger partial charge in [-0.3, -0.25) is 0 Å². The number of hydrogen-bond acceptors (Lipinski definition) is 2. The molecule has 0 atom stereocenters. The van der Waals surface area contributed by atoms with Crippen LogP contribution in [-0.4, -0.2) is 6.54 Å². The van der Waals surface area contributed by atoms with Gasteiger partial charge in [-0.2, -0.15) is 0 Å². The molecule has 0 aromatic heterocycles. The summed E-state index contributed by atoms with van der Waals surface area (Å²) in [5.74, 6) is 0.557. The van der Waals surface area contributed by atoms with Crippen LogP contribution in [0.1, 0.15) is 31.9 Å².